The van der Waals surface area contributed by atoms with Crippen molar-refractivity contribution >= 4 is 18.3 Å². The standard InChI is InChI=1S/C9H12N2O.ClH/c1-9(2,8(10)12)7-3-5-11-6-4-7;/h3-6H,1-2H3,(H2,10,12);1H. The van der Waals surface area contributed by atoms with Gasteiger partial charge in [-0.15, -0.1) is 12.4 Å². The normalized spacial score (nSPS) is 10.3. The van der Waals surface area contributed by atoms with Gasteiger partial charge in [0.25, 0.3) is 0 Å². The zero-order valence-electron chi connectivity index (χ0n) is 7.65. The van der Waals surface area contributed by atoms with Gasteiger partial charge in [0.05, 0.1) is 5.41 Å². The first-order chi connectivity index (χ1) is 5.55. The molecular weight excluding hydrogens is 188 g/mol. The highest BCUT2D eigenvalue weighted by molar-refractivity contribution is 5.85. The summed E-state index contributed by atoms with van der Waals surface area (Å²) >= 11 is 0. The summed E-state index contributed by atoms with van der Waals surface area (Å²) in [5, 5.41) is 0. The number of hydrogen-bond donors (Lipinski definition) is 1. The van der Waals surface area contributed by atoms with Crippen LogP contribution in [0.5, 0.6) is 0 Å². The van der Waals surface area contributed by atoms with E-state index in [2.05, 4.69) is 4.98 Å². The summed E-state index contributed by atoms with van der Waals surface area (Å²) in [6.45, 7) is 3.59. The molecule has 0 unspecified atom stereocenters. The molecule has 1 aromatic rings. The fraction of sp³-hybridized carbons (Fsp3) is 0.333. The minimum Gasteiger partial charge on any atom is -0.369 e. The van der Waals surface area contributed by atoms with Crippen LogP contribution in [0.15, 0.2) is 24.5 Å². The smallest absolute Gasteiger partial charge is 0.227 e. The van der Waals surface area contributed by atoms with Gasteiger partial charge in [0.2, 0.25) is 5.91 Å². The van der Waals surface area contributed by atoms with Crippen LogP contribution in [0.3, 0.4) is 0 Å². The maximum absolute atomic E-state index is 11.0. The van der Waals surface area contributed by atoms with Gasteiger partial charge in [-0.1, -0.05) is 0 Å². The molecule has 0 saturated heterocycles. The molecule has 4 heteroatoms. The van der Waals surface area contributed by atoms with Crippen molar-refractivity contribution in [1.29, 1.82) is 0 Å². The van der Waals surface area contributed by atoms with E-state index in [0.717, 1.165) is 5.56 Å². The molecule has 0 bridgehead atoms. The number of nitrogens with two attached hydrogens (primary N) is 1. The largest absolute Gasteiger partial charge is 0.369 e. The van der Waals surface area contributed by atoms with Gasteiger partial charge in [-0.05, 0) is 31.5 Å². The van der Waals surface area contributed by atoms with Gasteiger partial charge in [0.1, 0.15) is 0 Å². The summed E-state index contributed by atoms with van der Waals surface area (Å²) in [7, 11) is 0. The van der Waals surface area contributed by atoms with Crippen LogP contribution in [0.4, 0.5) is 0 Å². The number of hydrogen-bond acceptors (Lipinski definition) is 2. The number of pyridine rings is 1. The molecule has 0 aliphatic rings. The van der Waals surface area contributed by atoms with E-state index in [1.165, 1.54) is 0 Å². The van der Waals surface area contributed by atoms with Crippen LogP contribution in [0, 0.1) is 0 Å². The molecule has 0 radical (unpaired) electrons. The van der Waals surface area contributed by atoms with Crippen LogP contribution in [0.25, 0.3) is 0 Å². The molecule has 1 heterocycles. The number of carbonyl (C=O) groups excluding carboxylic acids is 1. The van der Waals surface area contributed by atoms with E-state index in [0.29, 0.717) is 0 Å². The summed E-state index contributed by atoms with van der Waals surface area (Å²) in [6, 6.07) is 3.59. The minimum atomic E-state index is -0.608. The van der Waals surface area contributed by atoms with Gasteiger partial charge in [-0.25, -0.2) is 0 Å². The highest BCUT2D eigenvalue weighted by Crippen LogP contribution is 2.21. The molecule has 2 N–H and O–H groups in total. The lowest BCUT2D eigenvalue weighted by Gasteiger charge is -2.20. The van der Waals surface area contributed by atoms with Crippen molar-refractivity contribution in [2.24, 2.45) is 5.73 Å². The molecule has 1 aromatic heterocycles. The molecule has 1 amide bonds. The summed E-state index contributed by atoms with van der Waals surface area (Å²) in [5.41, 5.74) is 5.53. The van der Waals surface area contributed by atoms with Gasteiger partial charge in [0.15, 0.2) is 0 Å². The number of nitrogens with zero attached hydrogens (tertiary/aromatic N) is 1. The van der Waals surface area contributed by atoms with Crippen LogP contribution in [0.1, 0.15) is 19.4 Å². The predicted molar refractivity (Wildman–Crippen MR) is 53.7 cm³/mol. The second-order valence-electron chi connectivity index (χ2n) is 3.23. The molecule has 0 aliphatic heterocycles. The fourth-order valence-electron chi connectivity index (χ4n) is 0.911. The first-order valence-corrected chi connectivity index (χ1v) is 3.75. The van der Waals surface area contributed by atoms with Crippen molar-refractivity contribution in [3.05, 3.63) is 30.1 Å². The Bertz CT molecular complexity index is 285. The molecule has 1 rings (SSSR count). The Morgan fingerprint density at radius 1 is 1.38 bits per heavy atom. The third-order valence-electron chi connectivity index (χ3n) is 2.02. The third kappa shape index (κ3) is 2.42. The van der Waals surface area contributed by atoms with Crippen molar-refractivity contribution in [2.45, 2.75) is 19.3 Å². The maximum atomic E-state index is 11.0. The minimum absolute atomic E-state index is 0. The van der Waals surface area contributed by atoms with Crippen LogP contribution in [-0.2, 0) is 10.2 Å². The van der Waals surface area contributed by atoms with Crippen molar-refractivity contribution in [2.75, 3.05) is 0 Å². The number of carbonyl (C=O) groups is 1. The molecule has 0 aromatic carbocycles. The highest BCUT2D eigenvalue weighted by atomic mass is 35.5. The Balaban J connectivity index is 0.00000144. The van der Waals surface area contributed by atoms with E-state index in [-0.39, 0.29) is 18.3 Å². The SMILES string of the molecule is CC(C)(C(N)=O)c1ccncc1.Cl. The average Bonchev–Trinajstić information content (AvgIpc) is 2.06. The molecule has 0 atom stereocenters. The van der Waals surface area contributed by atoms with Gasteiger partial charge >= 0.3 is 0 Å². The van der Waals surface area contributed by atoms with Gasteiger partial charge < -0.3 is 5.73 Å². The zero-order valence-corrected chi connectivity index (χ0v) is 8.47. The first kappa shape index (κ1) is 11.9. The molecule has 0 spiro atoms. The predicted octanol–water partition coefficient (Wildman–Crippen LogP) is 1.27. The van der Waals surface area contributed by atoms with E-state index in [1.807, 2.05) is 0 Å². The van der Waals surface area contributed by atoms with E-state index in [9.17, 15) is 4.79 Å². The van der Waals surface area contributed by atoms with Crippen molar-refractivity contribution < 1.29 is 4.79 Å². The average molecular weight is 201 g/mol. The first-order valence-electron chi connectivity index (χ1n) is 3.75. The maximum Gasteiger partial charge on any atom is 0.227 e. The van der Waals surface area contributed by atoms with Crippen molar-refractivity contribution in [3.8, 4) is 0 Å². The van der Waals surface area contributed by atoms with Gasteiger partial charge in [0, 0.05) is 12.4 Å². The lowest BCUT2D eigenvalue weighted by atomic mass is 9.85. The van der Waals surface area contributed by atoms with Crippen molar-refractivity contribution in [1.82, 2.24) is 4.98 Å². The van der Waals surface area contributed by atoms with Crippen LogP contribution in [-0.4, -0.2) is 10.9 Å². The molecular formula is C9H13ClN2O. The molecule has 0 fully saturated rings. The second-order valence-corrected chi connectivity index (χ2v) is 3.23. The molecule has 3 nitrogen and oxygen atoms in total. The molecule has 72 valence electrons. The summed E-state index contributed by atoms with van der Waals surface area (Å²) in [5.74, 6) is -0.325. The summed E-state index contributed by atoms with van der Waals surface area (Å²) in [4.78, 5) is 14.9. The van der Waals surface area contributed by atoms with E-state index in [4.69, 9.17) is 5.73 Å². The van der Waals surface area contributed by atoms with E-state index in [1.54, 1.807) is 38.4 Å². The third-order valence-corrected chi connectivity index (χ3v) is 2.02. The van der Waals surface area contributed by atoms with Gasteiger partial charge in [-0.2, -0.15) is 0 Å². The number of rotatable bonds is 2. The van der Waals surface area contributed by atoms with Crippen LogP contribution >= 0.6 is 12.4 Å². The monoisotopic (exact) mass is 200 g/mol. The van der Waals surface area contributed by atoms with Crippen LogP contribution < -0.4 is 5.73 Å². The quantitative estimate of drug-likeness (QED) is 0.782. The topological polar surface area (TPSA) is 56.0 Å². The Hall–Kier alpha value is -1.09. The highest BCUT2D eigenvalue weighted by Gasteiger charge is 2.26. The van der Waals surface area contributed by atoms with Gasteiger partial charge in [-0.3, -0.25) is 9.78 Å². The Morgan fingerprint density at radius 2 is 1.85 bits per heavy atom. The van der Waals surface area contributed by atoms with E-state index < -0.39 is 5.41 Å². The lowest BCUT2D eigenvalue weighted by Crippen LogP contribution is -2.35. The molecule has 0 saturated carbocycles. The lowest BCUT2D eigenvalue weighted by molar-refractivity contribution is -0.122. The van der Waals surface area contributed by atoms with E-state index >= 15 is 0 Å². The summed E-state index contributed by atoms with van der Waals surface area (Å²) in [6.07, 6.45) is 3.31. The number of halogens is 1. The van der Waals surface area contributed by atoms with Crippen LogP contribution in [0.2, 0.25) is 0 Å². The second kappa shape index (κ2) is 4.23. The number of aromatic nitrogens is 1. The zero-order chi connectivity index (χ0) is 9.19. The Morgan fingerprint density at radius 3 is 2.23 bits per heavy atom. The molecule has 13 heavy (non-hydrogen) atoms. The number of amides is 1. The molecule has 0 aliphatic carbocycles. The summed E-state index contributed by atoms with van der Waals surface area (Å²) < 4.78 is 0. The Kier molecular flexibility index (Phi) is 3.88. The van der Waals surface area contributed by atoms with Crippen molar-refractivity contribution in [3.63, 3.8) is 0 Å². The Labute approximate surface area is 83.8 Å². The fourth-order valence-corrected chi connectivity index (χ4v) is 0.911. The number of primary amides is 1.